The molecule has 11 heteroatoms. The van der Waals surface area contributed by atoms with E-state index in [1.165, 1.54) is 13.2 Å². The molecule has 7 nitrogen and oxygen atoms in total. The van der Waals surface area contributed by atoms with Crippen LogP contribution in [-0.4, -0.2) is 50.8 Å². The number of benzene rings is 1. The number of para-hydroxylation sites is 1. The maximum absolute atomic E-state index is 13.2. The number of ether oxygens (including phenoxy) is 1. The van der Waals surface area contributed by atoms with Gasteiger partial charge in [-0.3, -0.25) is 9.80 Å². The number of rotatable bonds is 2. The van der Waals surface area contributed by atoms with Gasteiger partial charge in [-0.1, -0.05) is 24.3 Å². The van der Waals surface area contributed by atoms with Gasteiger partial charge in [-0.05, 0) is 43.0 Å². The van der Waals surface area contributed by atoms with Crippen molar-refractivity contribution >= 4 is 21.9 Å². The molecule has 3 heterocycles. The van der Waals surface area contributed by atoms with Crippen molar-refractivity contribution in [3.05, 3.63) is 53.3 Å². The highest BCUT2D eigenvalue weighted by atomic mass is 32.2. The number of amides is 1. The van der Waals surface area contributed by atoms with Gasteiger partial charge in [0, 0.05) is 19.0 Å². The molecule has 32 heavy (non-hydrogen) atoms. The molecule has 1 aromatic carbocycles. The van der Waals surface area contributed by atoms with Gasteiger partial charge in [-0.2, -0.15) is 21.6 Å². The highest BCUT2D eigenvalue weighted by Gasteiger charge is 2.73. The maximum Gasteiger partial charge on any atom is 0.534 e. The van der Waals surface area contributed by atoms with Crippen molar-refractivity contribution in [2.45, 2.75) is 36.4 Å². The highest BCUT2D eigenvalue weighted by Crippen LogP contribution is 2.67. The van der Waals surface area contributed by atoms with E-state index in [0.717, 1.165) is 11.1 Å². The first-order valence-electron chi connectivity index (χ1n) is 10.1. The normalized spacial score (nSPS) is 32.4. The fourth-order valence-corrected chi connectivity index (χ4v) is 6.57. The van der Waals surface area contributed by atoms with Crippen molar-refractivity contribution < 1.29 is 35.3 Å². The predicted molar refractivity (Wildman–Crippen MR) is 108 cm³/mol. The molecule has 3 aliphatic heterocycles. The molecular formula is C21H21F3N2O5S. The van der Waals surface area contributed by atoms with Crippen LogP contribution in [0.1, 0.15) is 25.3 Å². The topological polar surface area (TPSA) is 76.2 Å². The summed E-state index contributed by atoms with van der Waals surface area (Å²) in [6.45, 7) is 2.70. The molecule has 1 aliphatic carbocycles. The van der Waals surface area contributed by atoms with Crippen LogP contribution in [0.25, 0.3) is 0 Å². The summed E-state index contributed by atoms with van der Waals surface area (Å²) in [5.41, 5.74) is -5.31. The fourth-order valence-electron chi connectivity index (χ4n) is 6.06. The smallest absolute Gasteiger partial charge is 0.452 e. The first kappa shape index (κ1) is 21.3. The van der Waals surface area contributed by atoms with Gasteiger partial charge in [0.15, 0.2) is 0 Å². The summed E-state index contributed by atoms with van der Waals surface area (Å²) < 4.78 is 73.2. The fraction of sp³-hybridized carbons (Fsp3) is 0.476. The molecule has 0 unspecified atom stereocenters. The van der Waals surface area contributed by atoms with Gasteiger partial charge >= 0.3 is 21.7 Å². The molecule has 0 N–H and O–H groups in total. The van der Waals surface area contributed by atoms with Crippen LogP contribution < -0.4 is 4.90 Å². The molecule has 172 valence electrons. The molecule has 4 aliphatic rings. The van der Waals surface area contributed by atoms with Crippen LogP contribution in [0.15, 0.2) is 47.7 Å². The molecule has 0 radical (unpaired) electrons. The second kappa shape index (κ2) is 6.50. The quantitative estimate of drug-likeness (QED) is 0.373. The maximum atomic E-state index is 13.2. The SMILES string of the molecule is C/C=C1/CN2CC[C@]34C=C(OS(=O)(=O)C(F)(F)F)[C@H]1C[C@]23N(C(=O)OC)c1ccccc14. The van der Waals surface area contributed by atoms with E-state index < -0.39 is 38.7 Å². The van der Waals surface area contributed by atoms with E-state index in [9.17, 15) is 26.4 Å². The predicted octanol–water partition coefficient (Wildman–Crippen LogP) is 3.64. The Hall–Kier alpha value is -2.53. The van der Waals surface area contributed by atoms with Crippen LogP contribution in [0.4, 0.5) is 23.7 Å². The lowest BCUT2D eigenvalue weighted by Gasteiger charge is -2.56. The second-order valence-electron chi connectivity index (χ2n) is 8.43. The zero-order chi connectivity index (χ0) is 23.1. The summed E-state index contributed by atoms with van der Waals surface area (Å²) in [5.74, 6) is -0.963. The van der Waals surface area contributed by atoms with Crippen molar-refractivity contribution in [2.75, 3.05) is 25.1 Å². The van der Waals surface area contributed by atoms with E-state index in [2.05, 4.69) is 4.90 Å². The van der Waals surface area contributed by atoms with Crippen LogP contribution in [0.3, 0.4) is 0 Å². The minimum Gasteiger partial charge on any atom is -0.452 e. The summed E-state index contributed by atoms with van der Waals surface area (Å²) in [6.07, 6.45) is 3.38. The highest BCUT2D eigenvalue weighted by molar-refractivity contribution is 7.87. The van der Waals surface area contributed by atoms with Crippen molar-refractivity contribution in [3.63, 3.8) is 0 Å². The number of halogens is 3. The van der Waals surface area contributed by atoms with Crippen LogP contribution in [0, 0.1) is 5.92 Å². The summed E-state index contributed by atoms with van der Waals surface area (Å²) in [5, 5.41) is 0. The molecular weight excluding hydrogens is 449 g/mol. The van der Waals surface area contributed by atoms with Crippen LogP contribution in [0.5, 0.6) is 0 Å². The number of piperidine rings is 1. The average Bonchev–Trinajstić information content (AvgIpc) is 3.20. The number of carbonyl (C=O) groups is 1. The third-order valence-corrected chi connectivity index (χ3v) is 8.25. The van der Waals surface area contributed by atoms with E-state index in [0.29, 0.717) is 25.2 Å². The molecule has 0 aromatic heterocycles. The summed E-state index contributed by atoms with van der Waals surface area (Å²) in [7, 11) is -4.56. The number of anilines is 1. The molecule has 2 fully saturated rings. The molecule has 2 saturated heterocycles. The van der Waals surface area contributed by atoms with E-state index >= 15 is 0 Å². The Morgan fingerprint density at radius 1 is 1.28 bits per heavy atom. The van der Waals surface area contributed by atoms with Gasteiger partial charge in [-0.25, -0.2) is 4.79 Å². The number of nitrogens with zero attached hydrogens (tertiary/aromatic N) is 2. The van der Waals surface area contributed by atoms with Gasteiger partial charge in [0.05, 0.1) is 18.2 Å². The lowest BCUT2D eigenvalue weighted by atomic mass is 9.62. The van der Waals surface area contributed by atoms with Gasteiger partial charge in [0.1, 0.15) is 11.4 Å². The Bertz CT molecular complexity index is 1180. The monoisotopic (exact) mass is 470 g/mol. The average molecular weight is 470 g/mol. The Morgan fingerprint density at radius 2 is 2.00 bits per heavy atom. The summed E-state index contributed by atoms with van der Waals surface area (Å²) >= 11 is 0. The first-order valence-corrected chi connectivity index (χ1v) is 11.5. The van der Waals surface area contributed by atoms with E-state index in [1.807, 2.05) is 6.07 Å². The van der Waals surface area contributed by atoms with Gasteiger partial charge < -0.3 is 8.92 Å². The third-order valence-electron chi connectivity index (χ3n) is 7.27. The second-order valence-corrected chi connectivity index (χ2v) is 9.97. The lowest BCUT2D eigenvalue weighted by Crippen LogP contribution is -2.69. The Labute approximate surface area is 183 Å². The van der Waals surface area contributed by atoms with E-state index in [1.54, 1.807) is 36.1 Å². The number of alkyl halides is 3. The van der Waals surface area contributed by atoms with Crippen molar-refractivity contribution in [3.8, 4) is 0 Å². The van der Waals surface area contributed by atoms with E-state index in [-0.39, 0.29) is 12.2 Å². The minimum absolute atomic E-state index is 0.190. The Kier molecular flexibility index (Phi) is 4.33. The zero-order valence-corrected chi connectivity index (χ0v) is 18.2. The molecule has 5 rings (SSSR count). The molecule has 3 atom stereocenters. The molecule has 2 bridgehead atoms. The number of hydrogen-bond acceptors (Lipinski definition) is 6. The minimum atomic E-state index is -5.84. The van der Waals surface area contributed by atoms with Crippen molar-refractivity contribution in [1.82, 2.24) is 4.90 Å². The largest absolute Gasteiger partial charge is 0.534 e. The zero-order valence-electron chi connectivity index (χ0n) is 17.3. The van der Waals surface area contributed by atoms with Gasteiger partial charge in [0.25, 0.3) is 0 Å². The molecule has 1 amide bonds. The van der Waals surface area contributed by atoms with Crippen LogP contribution in [0.2, 0.25) is 0 Å². The van der Waals surface area contributed by atoms with Gasteiger partial charge in [0.2, 0.25) is 0 Å². The molecule has 0 saturated carbocycles. The standard InChI is InChI=1S/C21H21F3N2O5S/c1-3-13-12-25-9-8-19-11-17(31-32(28,29)21(22,23)24)14(13)10-20(19,25)26(18(27)30-2)16-7-5-4-6-15(16)19/h3-7,11,14H,8-10,12H2,1-2H3/b13-3-/t14-,19+,20+/m0/s1. The number of methoxy groups -OCH3 is 1. The Balaban J connectivity index is 1.77. The molecule has 1 spiro atoms. The Morgan fingerprint density at radius 3 is 2.66 bits per heavy atom. The van der Waals surface area contributed by atoms with Crippen molar-refractivity contribution in [2.24, 2.45) is 5.92 Å². The summed E-state index contributed by atoms with van der Waals surface area (Å²) in [4.78, 5) is 16.7. The molecule has 1 aromatic rings. The van der Waals surface area contributed by atoms with Gasteiger partial charge in [-0.15, -0.1) is 0 Å². The number of fused-ring (bicyclic) bond motifs is 2. The van der Waals surface area contributed by atoms with Crippen molar-refractivity contribution in [1.29, 1.82) is 0 Å². The lowest BCUT2D eigenvalue weighted by molar-refractivity contribution is -0.0535. The van der Waals surface area contributed by atoms with Crippen LogP contribution in [-0.2, 0) is 24.5 Å². The van der Waals surface area contributed by atoms with Crippen LogP contribution >= 0.6 is 0 Å². The van der Waals surface area contributed by atoms with E-state index in [4.69, 9.17) is 8.92 Å². The number of hydrogen-bond donors (Lipinski definition) is 0. The number of carbonyl (C=O) groups excluding carboxylic acids is 1. The third kappa shape index (κ3) is 2.40. The first-order chi connectivity index (χ1) is 15.0. The summed E-state index contributed by atoms with van der Waals surface area (Å²) in [6, 6.07) is 7.15. The number of allylic oxidation sites excluding steroid dienone is 2.